The monoisotopic (exact) mass is 288 g/mol. The fourth-order valence-corrected chi connectivity index (χ4v) is 5.74. The Kier molecular flexibility index (Phi) is 3.64. The first-order valence-electron chi connectivity index (χ1n) is 8.81. The van der Waals surface area contributed by atoms with Crippen molar-refractivity contribution in [3.8, 4) is 0 Å². The van der Waals surface area contributed by atoms with Crippen LogP contribution in [0.4, 0.5) is 0 Å². The summed E-state index contributed by atoms with van der Waals surface area (Å²) < 4.78 is 0. The number of hydrogen-bond acceptors (Lipinski definition) is 1. The van der Waals surface area contributed by atoms with Crippen LogP contribution < -0.4 is 0 Å². The summed E-state index contributed by atoms with van der Waals surface area (Å²) in [6.07, 6.45) is 9.49. The highest BCUT2D eigenvalue weighted by Crippen LogP contribution is 2.73. The van der Waals surface area contributed by atoms with Gasteiger partial charge in [-0.1, -0.05) is 30.7 Å². The van der Waals surface area contributed by atoms with Crippen molar-refractivity contribution in [1.82, 2.24) is 0 Å². The summed E-state index contributed by atoms with van der Waals surface area (Å²) >= 11 is 0. The average molecular weight is 288 g/mol. The summed E-state index contributed by atoms with van der Waals surface area (Å²) in [5.41, 5.74) is 2.86. The van der Waals surface area contributed by atoms with E-state index in [2.05, 4.69) is 40.3 Å². The van der Waals surface area contributed by atoms with Gasteiger partial charge in [0.05, 0.1) is 5.60 Å². The molecular weight excluding hydrogens is 256 g/mol. The molecule has 0 aliphatic heterocycles. The molecule has 0 radical (unpaired) electrons. The molecule has 0 aromatic rings. The van der Waals surface area contributed by atoms with E-state index < -0.39 is 5.60 Å². The van der Waals surface area contributed by atoms with Gasteiger partial charge in [-0.25, -0.2) is 0 Å². The van der Waals surface area contributed by atoms with Crippen LogP contribution in [0.2, 0.25) is 0 Å². The minimum Gasteiger partial charge on any atom is -0.390 e. The molecule has 3 aliphatic carbocycles. The predicted octanol–water partition coefficient (Wildman–Crippen LogP) is 5.11. The number of hydrogen-bond donors (Lipinski definition) is 1. The van der Waals surface area contributed by atoms with E-state index in [0.717, 1.165) is 24.7 Å². The third kappa shape index (κ3) is 2.42. The second kappa shape index (κ2) is 4.98. The number of aliphatic hydroxyl groups is 1. The smallest absolute Gasteiger partial charge is 0.0656 e. The predicted molar refractivity (Wildman–Crippen MR) is 89.0 cm³/mol. The fourth-order valence-electron chi connectivity index (χ4n) is 5.74. The van der Waals surface area contributed by atoms with Crippen LogP contribution >= 0.6 is 0 Å². The highest BCUT2D eigenvalue weighted by molar-refractivity contribution is 5.24. The molecule has 6 atom stereocenters. The zero-order chi connectivity index (χ0) is 15.4. The van der Waals surface area contributed by atoms with E-state index in [1.807, 2.05) is 0 Å². The SMILES string of the molecule is C=C1CC[C@@H]2[C@H]([C@H]3[C@@H]1CC[C@]3(C)O)[C@@]2(C)CCC=C(C)C. The third-order valence-electron chi connectivity index (χ3n) is 6.97. The van der Waals surface area contributed by atoms with Crippen LogP contribution in [0.15, 0.2) is 23.8 Å². The largest absolute Gasteiger partial charge is 0.390 e. The number of rotatable bonds is 3. The Hall–Kier alpha value is -0.560. The summed E-state index contributed by atoms with van der Waals surface area (Å²) in [5.74, 6) is 2.60. The van der Waals surface area contributed by atoms with Crippen molar-refractivity contribution in [1.29, 1.82) is 0 Å². The highest BCUT2D eigenvalue weighted by atomic mass is 16.3. The van der Waals surface area contributed by atoms with E-state index in [4.69, 9.17) is 0 Å². The van der Waals surface area contributed by atoms with Crippen LogP contribution in [0.25, 0.3) is 0 Å². The maximum Gasteiger partial charge on any atom is 0.0656 e. The van der Waals surface area contributed by atoms with E-state index in [1.165, 1.54) is 36.8 Å². The van der Waals surface area contributed by atoms with Crippen LogP contribution in [0.5, 0.6) is 0 Å². The Labute approximate surface area is 130 Å². The molecule has 3 fully saturated rings. The van der Waals surface area contributed by atoms with Gasteiger partial charge in [-0.05, 0) is 88.4 Å². The van der Waals surface area contributed by atoms with Gasteiger partial charge in [0, 0.05) is 0 Å². The first-order valence-corrected chi connectivity index (χ1v) is 8.81. The van der Waals surface area contributed by atoms with Crippen molar-refractivity contribution in [3.63, 3.8) is 0 Å². The van der Waals surface area contributed by atoms with Crippen molar-refractivity contribution in [3.05, 3.63) is 23.8 Å². The molecule has 0 heterocycles. The second-order valence-electron chi connectivity index (χ2n) is 8.68. The topological polar surface area (TPSA) is 20.2 Å². The summed E-state index contributed by atoms with van der Waals surface area (Å²) in [5, 5.41) is 10.9. The molecule has 3 aliphatic rings. The van der Waals surface area contributed by atoms with E-state index in [0.29, 0.717) is 17.3 Å². The van der Waals surface area contributed by atoms with Gasteiger partial charge in [0.25, 0.3) is 0 Å². The molecule has 21 heavy (non-hydrogen) atoms. The molecule has 1 heteroatoms. The Bertz CT molecular complexity index is 468. The summed E-state index contributed by atoms with van der Waals surface area (Å²) in [6, 6.07) is 0. The third-order valence-corrected chi connectivity index (χ3v) is 6.97. The molecule has 1 nitrogen and oxygen atoms in total. The van der Waals surface area contributed by atoms with Gasteiger partial charge >= 0.3 is 0 Å². The molecule has 0 spiro atoms. The van der Waals surface area contributed by atoms with Gasteiger partial charge in [0.1, 0.15) is 0 Å². The van der Waals surface area contributed by atoms with Crippen LogP contribution in [0, 0.1) is 29.1 Å². The lowest BCUT2D eigenvalue weighted by atomic mass is 9.76. The molecule has 0 unspecified atom stereocenters. The van der Waals surface area contributed by atoms with E-state index >= 15 is 0 Å². The minimum atomic E-state index is -0.463. The van der Waals surface area contributed by atoms with Gasteiger partial charge in [-0.3, -0.25) is 0 Å². The molecule has 0 amide bonds. The average Bonchev–Trinajstić information content (AvgIpc) is 2.86. The summed E-state index contributed by atoms with van der Waals surface area (Å²) in [7, 11) is 0. The quantitative estimate of drug-likeness (QED) is 0.715. The van der Waals surface area contributed by atoms with Crippen molar-refractivity contribution in [2.45, 2.75) is 71.8 Å². The Morgan fingerprint density at radius 2 is 2.00 bits per heavy atom. The number of fused-ring (bicyclic) bond motifs is 3. The second-order valence-corrected chi connectivity index (χ2v) is 8.68. The molecule has 0 bridgehead atoms. The molecule has 3 saturated carbocycles. The maximum atomic E-state index is 10.9. The number of allylic oxidation sites excluding steroid dienone is 3. The van der Waals surface area contributed by atoms with Crippen LogP contribution in [-0.4, -0.2) is 10.7 Å². The standard InChI is InChI=1S/C20H32O/c1-13(2)7-6-11-19(4)16-9-8-14(3)15-10-12-20(5,21)17(15)18(16)19/h7,15-18,21H,3,6,8-12H2,1-2,4-5H3/t15-,16-,17-,18-,19+,20+/m1/s1. The van der Waals surface area contributed by atoms with Crippen LogP contribution in [-0.2, 0) is 0 Å². The van der Waals surface area contributed by atoms with Crippen LogP contribution in [0.1, 0.15) is 66.2 Å². The first-order chi connectivity index (χ1) is 9.77. The minimum absolute atomic E-state index is 0.462. The molecule has 0 aromatic carbocycles. The van der Waals surface area contributed by atoms with Gasteiger partial charge in [0.15, 0.2) is 0 Å². The molecule has 118 valence electrons. The Morgan fingerprint density at radius 3 is 2.67 bits per heavy atom. The zero-order valence-corrected chi connectivity index (χ0v) is 14.3. The van der Waals surface area contributed by atoms with Gasteiger partial charge in [-0.15, -0.1) is 0 Å². The van der Waals surface area contributed by atoms with Gasteiger partial charge in [-0.2, -0.15) is 0 Å². The van der Waals surface area contributed by atoms with Crippen molar-refractivity contribution in [2.24, 2.45) is 29.1 Å². The maximum absolute atomic E-state index is 10.9. The summed E-state index contributed by atoms with van der Waals surface area (Å²) in [6.45, 7) is 13.3. The van der Waals surface area contributed by atoms with E-state index in [-0.39, 0.29) is 0 Å². The van der Waals surface area contributed by atoms with Gasteiger partial charge < -0.3 is 5.11 Å². The first kappa shape index (κ1) is 15.3. The molecule has 0 aromatic heterocycles. The molecule has 3 rings (SSSR count). The molecule has 1 N–H and O–H groups in total. The lowest BCUT2D eigenvalue weighted by molar-refractivity contribution is -0.00230. The normalized spacial score (nSPS) is 48.3. The fraction of sp³-hybridized carbons (Fsp3) is 0.800. The lowest BCUT2D eigenvalue weighted by Crippen LogP contribution is -2.35. The van der Waals surface area contributed by atoms with E-state index in [9.17, 15) is 5.11 Å². The molecular formula is C20H32O. The van der Waals surface area contributed by atoms with Gasteiger partial charge in [0.2, 0.25) is 0 Å². The lowest BCUT2D eigenvalue weighted by Gasteiger charge is -2.32. The molecule has 0 saturated heterocycles. The summed E-state index contributed by atoms with van der Waals surface area (Å²) in [4.78, 5) is 0. The Morgan fingerprint density at radius 1 is 1.29 bits per heavy atom. The zero-order valence-electron chi connectivity index (χ0n) is 14.3. The van der Waals surface area contributed by atoms with Crippen molar-refractivity contribution in [2.75, 3.05) is 0 Å². The van der Waals surface area contributed by atoms with Crippen LogP contribution in [0.3, 0.4) is 0 Å². The van der Waals surface area contributed by atoms with E-state index in [1.54, 1.807) is 0 Å². The van der Waals surface area contributed by atoms with Crippen molar-refractivity contribution < 1.29 is 5.11 Å². The Balaban J connectivity index is 1.80. The van der Waals surface area contributed by atoms with Crippen molar-refractivity contribution >= 4 is 0 Å². The highest BCUT2D eigenvalue weighted by Gasteiger charge is 2.68.